The normalized spacial score (nSPS) is 17.5. The summed E-state index contributed by atoms with van der Waals surface area (Å²) >= 11 is 0. The fourth-order valence-corrected chi connectivity index (χ4v) is 3.96. The Kier molecular flexibility index (Phi) is 8.14. The fourth-order valence-electron chi connectivity index (χ4n) is 1.60. The van der Waals surface area contributed by atoms with Gasteiger partial charge in [-0.15, -0.1) is 0 Å². The van der Waals surface area contributed by atoms with E-state index in [1.54, 1.807) is 0 Å². The van der Waals surface area contributed by atoms with Gasteiger partial charge in [-0.25, -0.2) is 8.93 Å². The molecule has 0 saturated heterocycles. The maximum absolute atomic E-state index is 12.4. The molecule has 5 nitrogen and oxygen atoms in total. The molecule has 0 saturated carbocycles. The van der Waals surface area contributed by atoms with E-state index >= 15 is 0 Å². The van der Waals surface area contributed by atoms with Crippen LogP contribution >= 0.6 is 0 Å². The highest BCUT2D eigenvalue weighted by Crippen LogP contribution is 2.37. The van der Waals surface area contributed by atoms with Gasteiger partial charge in [0.25, 0.3) is 0 Å². The number of hydrogen-bond donors (Lipinski definition) is 1. The topological polar surface area (TPSA) is 64.6 Å². The monoisotopic (exact) mass is 365 g/mol. The quantitative estimate of drug-likeness (QED) is 0.555. The van der Waals surface area contributed by atoms with Gasteiger partial charge >= 0.3 is 5.97 Å². The molecular formula is C16H35NO4SSi. The summed E-state index contributed by atoms with van der Waals surface area (Å²) in [5, 5.41) is 0.0697. The highest BCUT2D eigenvalue weighted by Gasteiger charge is 2.40. The molecule has 0 fully saturated rings. The van der Waals surface area contributed by atoms with E-state index in [2.05, 4.69) is 38.6 Å². The van der Waals surface area contributed by atoms with Crippen molar-refractivity contribution in [3.63, 3.8) is 0 Å². The zero-order valence-corrected chi connectivity index (χ0v) is 18.2. The summed E-state index contributed by atoms with van der Waals surface area (Å²) < 4.78 is 26.2. The minimum Gasteiger partial charge on any atom is -0.469 e. The molecule has 0 aliphatic carbocycles. The van der Waals surface area contributed by atoms with Crippen molar-refractivity contribution in [2.75, 3.05) is 7.11 Å². The van der Waals surface area contributed by atoms with Crippen molar-refractivity contribution < 1.29 is 18.2 Å². The van der Waals surface area contributed by atoms with Crippen molar-refractivity contribution >= 4 is 25.3 Å². The Hall–Kier alpha value is -0.243. The van der Waals surface area contributed by atoms with Gasteiger partial charge in [0.2, 0.25) is 0 Å². The van der Waals surface area contributed by atoms with Crippen LogP contribution in [0.25, 0.3) is 0 Å². The van der Waals surface area contributed by atoms with Crippen molar-refractivity contribution in [3.05, 3.63) is 0 Å². The third kappa shape index (κ3) is 7.45. The zero-order chi connectivity index (χ0) is 18.6. The van der Waals surface area contributed by atoms with Gasteiger partial charge in [0.1, 0.15) is 0 Å². The van der Waals surface area contributed by atoms with Crippen LogP contribution in [0, 0.1) is 0 Å². The average molecular weight is 366 g/mol. The standard InChI is InChI=1S/C16H35NO4SSi/c1-12(21-23(9,10)16(5,6)7)13(11-14(18)20-8)17-22(19)15(2,3)4/h12-13,17H,11H2,1-10H3/t12-,13+,22-/m0/s1. The van der Waals surface area contributed by atoms with Crippen molar-refractivity contribution in [2.45, 2.75) is 89.9 Å². The maximum Gasteiger partial charge on any atom is 0.307 e. The Morgan fingerprint density at radius 1 is 1.17 bits per heavy atom. The summed E-state index contributed by atoms with van der Waals surface area (Å²) in [6, 6.07) is -0.350. The second-order valence-corrected chi connectivity index (χ2v) is 15.2. The SMILES string of the molecule is COC(=O)C[C@@H](N[S@@](=O)C(C)(C)C)[C@H](C)O[Si](C)(C)C(C)(C)C. The highest BCUT2D eigenvalue weighted by atomic mass is 32.2. The maximum atomic E-state index is 12.4. The second-order valence-electron chi connectivity index (χ2n) is 8.47. The molecule has 1 N–H and O–H groups in total. The van der Waals surface area contributed by atoms with Gasteiger partial charge in [-0.3, -0.25) is 4.79 Å². The van der Waals surface area contributed by atoms with E-state index in [0.717, 1.165) is 0 Å². The largest absolute Gasteiger partial charge is 0.469 e. The molecular weight excluding hydrogens is 330 g/mol. The van der Waals surface area contributed by atoms with Gasteiger partial charge in [-0.1, -0.05) is 20.8 Å². The van der Waals surface area contributed by atoms with Crippen molar-refractivity contribution in [1.82, 2.24) is 4.72 Å². The minimum absolute atomic E-state index is 0.0697. The molecule has 0 heterocycles. The third-order valence-corrected chi connectivity index (χ3v) is 10.5. The van der Waals surface area contributed by atoms with Crippen molar-refractivity contribution in [1.29, 1.82) is 0 Å². The Morgan fingerprint density at radius 2 is 1.65 bits per heavy atom. The first-order valence-electron chi connectivity index (χ1n) is 8.04. The smallest absolute Gasteiger partial charge is 0.307 e. The number of methoxy groups -OCH3 is 1. The highest BCUT2D eigenvalue weighted by molar-refractivity contribution is 7.84. The van der Waals surface area contributed by atoms with Crippen LogP contribution in [-0.2, 0) is 24.9 Å². The van der Waals surface area contributed by atoms with E-state index < -0.39 is 24.1 Å². The zero-order valence-electron chi connectivity index (χ0n) is 16.4. The predicted molar refractivity (Wildman–Crippen MR) is 99.2 cm³/mol. The minimum atomic E-state index is -1.98. The first-order valence-corrected chi connectivity index (χ1v) is 12.1. The van der Waals surface area contributed by atoms with E-state index in [1.807, 2.05) is 27.7 Å². The van der Waals surface area contributed by atoms with E-state index in [4.69, 9.17) is 9.16 Å². The van der Waals surface area contributed by atoms with Crippen LogP contribution in [0.5, 0.6) is 0 Å². The molecule has 7 heteroatoms. The van der Waals surface area contributed by atoms with Crippen molar-refractivity contribution in [2.24, 2.45) is 0 Å². The number of carbonyl (C=O) groups is 1. The molecule has 0 aliphatic rings. The molecule has 0 aromatic carbocycles. The number of nitrogens with one attached hydrogen (secondary N) is 1. The fraction of sp³-hybridized carbons (Fsp3) is 0.938. The number of carbonyl (C=O) groups excluding carboxylic acids is 1. The summed E-state index contributed by atoms with van der Waals surface area (Å²) in [5.74, 6) is -0.334. The van der Waals surface area contributed by atoms with E-state index in [1.165, 1.54) is 7.11 Å². The van der Waals surface area contributed by atoms with Crippen LogP contribution in [0.3, 0.4) is 0 Å². The Morgan fingerprint density at radius 3 is 2.00 bits per heavy atom. The third-order valence-electron chi connectivity index (χ3n) is 4.28. The van der Waals surface area contributed by atoms with Crippen LogP contribution in [0.15, 0.2) is 0 Å². The molecule has 0 bridgehead atoms. The summed E-state index contributed by atoms with van der Waals surface area (Å²) in [4.78, 5) is 11.7. The lowest BCUT2D eigenvalue weighted by atomic mass is 10.1. The lowest BCUT2D eigenvalue weighted by Crippen LogP contribution is -2.52. The van der Waals surface area contributed by atoms with Gasteiger partial charge in [0.15, 0.2) is 8.32 Å². The first-order chi connectivity index (χ1) is 10.1. The second kappa shape index (κ2) is 8.23. The number of ether oxygens (including phenoxy) is 1. The van der Waals surface area contributed by atoms with E-state index in [0.29, 0.717) is 0 Å². The number of esters is 1. The van der Waals surface area contributed by atoms with Gasteiger partial charge in [-0.2, -0.15) is 0 Å². The molecule has 0 aromatic heterocycles. The molecule has 23 heavy (non-hydrogen) atoms. The Labute approximate surface area is 145 Å². The molecule has 0 radical (unpaired) electrons. The summed E-state index contributed by atoms with van der Waals surface area (Å²) in [6.45, 7) is 18.5. The van der Waals surface area contributed by atoms with Crippen LogP contribution in [0.4, 0.5) is 0 Å². The summed E-state index contributed by atoms with van der Waals surface area (Å²) in [6.07, 6.45) is -0.102. The van der Waals surface area contributed by atoms with E-state index in [9.17, 15) is 9.00 Å². The van der Waals surface area contributed by atoms with Crippen LogP contribution in [0.2, 0.25) is 18.1 Å². The molecule has 3 atom stereocenters. The van der Waals surface area contributed by atoms with Gasteiger partial charge in [0, 0.05) is 0 Å². The average Bonchev–Trinajstić information content (AvgIpc) is 2.34. The Bertz CT molecular complexity index is 427. The molecule has 0 aromatic rings. The summed E-state index contributed by atoms with van der Waals surface area (Å²) in [7, 11) is -1.90. The van der Waals surface area contributed by atoms with Crippen LogP contribution in [0.1, 0.15) is 54.9 Å². The first kappa shape index (κ1) is 22.8. The molecule has 138 valence electrons. The molecule has 0 amide bonds. The molecule has 0 spiro atoms. The van der Waals surface area contributed by atoms with Crippen LogP contribution < -0.4 is 4.72 Å². The lowest BCUT2D eigenvalue weighted by molar-refractivity contribution is -0.141. The van der Waals surface area contributed by atoms with Crippen LogP contribution in [-0.4, -0.2) is 42.5 Å². The molecule has 0 aliphatic heterocycles. The molecule has 0 unspecified atom stereocenters. The van der Waals surface area contributed by atoms with E-state index in [-0.39, 0.29) is 29.6 Å². The Balaban J connectivity index is 5.20. The van der Waals surface area contributed by atoms with Gasteiger partial charge in [0.05, 0.1) is 41.4 Å². The predicted octanol–water partition coefficient (Wildman–Crippen LogP) is 3.38. The van der Waals surface area contributed by atoms with Gasteiger partial charge < -0.3 is 9.16 Å². The summed E-state index contributed by atoms with van der Waals surface area (Å²) in [5.41, 5.74) is 0. The van der Waals surface area contributed by atoms with Gasteiger partial charge in [-0.05, 0) is 45.8 Å². The molecule has 0 rings (SSSR count). The number of rotatable bonds is 7. The lowest BCUT2D eigenvalue weighted by Gasteiger charge is -2.40. The number of hydrogen-bond acceptors (Lipinski definition) is 4. The van der Waals surface area contributed by atoms with Crippen molar-refractivity contribution in [3.8, 4) is 0 Å².